The molecule has 1 nitrogen and oxygen atoms in total. The zero-order valence-electron chi connectivity index (χ0n) is 8.55. The van der Waals surface area contributed by atoms with Crippen molar-refractivity contribution >= 4 is 15.9 Å². The summed E-state index contributed by atoms with van der Waals surface area (Å²) in [7, 11) is 0. The third kappa shape index (κ3) is 1.54. The van der Waals surface area contributed by atoms with E-state index < -0.39 is 6.56 Å². The van der Waals surface area contributed by atoms with E-state index in [-0.39, 0.29) is 0 Å². The third-order valence-corrected chi connectivity index (χ3v) is 2.64. The molecule has 1 saturated carbocycles. The van der Waals surface area contributed by atoms with E-state index in [0.29, 0.717) is 11.5 Å². The quantitative estimate of drug-likeness (QED) is 0.826. The second-order valence-electron chi connectivity index (χ2n) is 3.12. The molecule has 1 aromatic rings. The van der Waals surface area contributed by atoms with E-state index in [4.69, 9.17) is 2.74 Å². The Hall–Kier alpha value is -0.340. The van der Waals surface area contributed by atoms with Gasteiger partial charge >= 0.3 is 0 Å². The number of benzene rings is 1. The summed E-state index contributed by atoms with van der Waals surface area (Å²) in [4.78, 5) is 0. The molecule has 0 spiro atoms. The zero-order chi connectivity index (χ0) is 10.3. The molecule has 0 radical (unpaired) electrons. The normalized spacial score (nSPS) is 20.2. The Balaban J connectivity index is 2.47. The van der Waals surface area contributed by atoms with Gasteiger partial charge in [0.25, 0.3) is 0 Å². The summed E-state index contributed by atoms with van der Waals surface area (Å²) >= 11 is 3.36. The molecular weight excluding hydrogens is 216 g/mol. The Labute approximate surface area is 83.4 Å². The summed E-state index contributed by atoms with van der Waals surface area (Å²) in [5, 5.41) is 9.36. The minimum Gasteiger partial charge on any atom is -0.392 e. The minimum absolute atomic E-state index is 0.406. The maximum absolute atomic E-state index is 9.36. The number of rotatable bonds is 2. The van der Waals surface area contributed by atoms with Crippen LogP contribution in [0.25, 0.3) is 0 Å². The third-order valence-electron chi connectivity index (χ3n) is 2.15. The van der Waals surface area contributed by atoms with Crippen molar-refractivity contribution in [3.63, 3.8) is 0 Å². The molecule has 1 aliphatic carbocycles. The lowest BCUT2D eigenvalue weighted by Crippen LogP contribution is -1.91. The van der Waals surface area contributed by atoms with Gasteiger partial charge in [0.1, 0.15) is 0 Å². The second kappa shape index (κ2) is 3.19. The van der Waals surface area contributed by atoms with Gasteiger partial charge in [-0.15, -0.1) is 0 Å². The van der Waals surface area contributed by atoms with Gasteiger partial charge in [-0.2, -0.15) is 0 Å². The van der Waals surface area contributed by atoms with Crippen molar-refractivity contribution in [3.8, 4) is 0 Å². The van der Waals surface area contributed by atoms with E-state index in [1.165, 1.54) is 0 Å². The molecule has 0 amide bonds. The molecule has 0 aliphatic heterocycles. The van der Waals surface area contributed by atoms with Gasteiger partial charge in [0.15, 0.2) is 0 Å². The van der Waals surface area contributed by atoms with Crippen LogP contribution >= 0.6 is 15.9 Å². The van der Waals surface area contributed by atoms with E-state index in [1.54, 1.807) is 12.1 Å². The van der Waals surface area contributed by atoms with Crippen LogP contribution < -0.4 is 0 Å². The summed E-state index contributed by atoms with van der Waals surface area (Å²) in [6.45, 7) is -2.22. The first-order valence-electron chi connectivity index (χ1n) is 5.01. The summed E-state index contributed by atoms with van der Waals surface area (Å²) in [5.74, 6) is 0.435. The molecule has 0 saturated heterocycles. The summed E-state index contributed by atoms with van der Waals surface area (Å²) in [6.07, 6.45) is 2.19. The molecule has 0 bridgehead atoms. The lowest BCUT2D eigenvalue weighted by molar-refractivity contribution is 0.280. The predicted molar refractivity (Wildman–Crippen MR) is 52.0 cm³/mol. The van der Waals surface area contributed by atoms with Crippen LogP contribution in [0.5, 0.6) is 0 Å². The van der Waals surface area contributed by atoms with Crippen LogP contribution in [0.2, 0.25) is 0 Å². The van der Waals surface area contributed by atoms with Crippen molar-refractivity contribution in [3.05, 3.63) is 33.8 Å². The summed E-state index contributed by atoms with van der Waals surface area (Å²) < 4.78 is 15.6. The topological polar surface area (TPSA) is 20.2 Å². The first-order chi connectivity index (χ1) is 6.48. The van der Waals surface area contributed by atoms with Gasteiger partial charge in [-0.3, -0.25) is 0 Å². The molecule has 2 heteroatoms. The van der Waals surface area contributed by atoms with Gasteiger partial charge in [-0.05, 0) is 42.0 Å². The van der Waals surface area contributed by atoms with Gasteiger partial charge in [-0.25, -0.2) is 0 Å². The summed E-state index contributed by atoms with van der Waals surface area (Å²) in [6, 6.07) is 5.31. The Morgan fingerprint density at radius 3 is 2.92 bits per heavy atom. The second-order valence-corrected chi connectivity index (χ2v) is 4.03. The molecule has 1 N–H and O–H groups in total. The monoisotopic (exact) mass is 228 g/mol. The fourth-order valence-electron chi connectivity index (χ4n) is 1.37. The Morgan fingerprint density at radius 1 is 1.58 bits per heavy atom. The van der Waals surface area contributed by atoms with E-state index in [0.717, 1.165) is 22.9 Å². The molecule has 1 aliphatic rings. The van der Waals surface area contributed by atoms with E-state index in [9.17, 15) is 5.11 Å². The summed E-state index contributed by atoms with van der Waals surface area (Å²) in [5.41, 5.74) is 1.34. The van der Waals surface area contributed by atoms with Gasteiger partial charge in [-0.1, -0.05) is 22.0 Å². The van der Waals surface area contributed by atoms with Gasteiger partial charge in [0.2, 0.25) is 0 Å². The number of halogens is 1. The highest BCUT2D eigenvalue weighted by Crippen LogP contribution is 2.42. The zero-order valence-corrected chi connectivity index (χ0v) is 8.13. The van der Waals surface area contributed by atoms with Gasteiger partial charge in [0.05, 0.1) is 9.30 Å². The first kappa shape index (κ1) is 6.17. The first-order valence-corrected chi connectivity index (χ1v) is 4.80. The molecule has 2 rings (SSSR count). The number of hydrogen-bond acceptors (Lipinski definition) is 1. The van der Waals surface area contributed by atoms with E-state index in [2.05, 4.69) is 15.9 Å². The molecular formula is C10H11BrO. The Bertz CT molecular complexity index is 356. The maximum atomic E-state index is 9.36. The maximum Gasteiger partial charge on any atom is 0.0684 e. The molecule has 0 unspecified atom stereocenters. The highest BCUT2D eigenvalue weighted by Gasteiger charge is 2.25. The average molecular weight is 229 g/mol. The molecule has 64 valence electrons. The van der Waals surface area contributed by atoms with Crippen molar-refractivity contribution in [2.24, 2.45) is 0 Å². The fourth-order valence-corrected chi connectivity index (χ4v) is 1.75. The molecule has 12 heavy (non-hydrogen) atoms. The van der Waals surface area contributed by atoms with Crippen molar-refractivity contribution < 1.29 is 7.85 Å². The van der Waals surface area contributed by atoms with Crippen LogP contribution in [0.15, 0.2) is 22.7 Å². The number of aliphatic hydroxyl groups is 1. The number of hydrogen-bond donors (Lipinski definition) is 1. The lowest BCUT2D eigenvalue weighted by atomic mass is 10.0. The predicted octanol–water partition coefficient (Wildman–Crippen LogP) is 2.82. The van der Waals surface area contributed by atoms with Gasteiger partial charge < -0.3 is 5.11 Å². The Morgan fingerprint density at radius 2 is 2.33 bits per heavy atom. The SMILES string of the molecule is [2H]C([2H])(O)c1ccc(Br)cc1C1CC1. The van der Waals surface area contributed by atoms with Crippen molar-refractivity contribution in [2.75, 3.05) is 0 Å². The van der Waals surface area contributed by atoms with Crippen molar-refractivity contribution in [1.29, 1.82) is 0 Å². The van der Waals surface area contributed by atoms with E-state index in [1.807, 2.05) is 6.07 Å². The van der Waals surface area contributed by atoms with Crippen LogP contribution in [0.3, 0.4) is 0 Å². The van der Waals surface area contributed by atoms with Gasteiger partial charge in [0, 0.05) is 4.47 Å². The van der Waals surface area contributed by atoms with Crippen LogP contribution in [-0.2, 0) is 6.56 Å². The van der Waals surface area contributed by atoms with Crippen molar-refractivity contribution in [1.82, 2.24) is 0 Å². The van der Waals surface area contributed by atoms with E-state index >= 15 is 0 Å². The highest BCUT2D eigenvalue weighted by atomic mass is 79.9. The standard InChI is InChI=1S/C10H11BrO/c11-9-4-3-8(6-12)10(5-9)7-1-2-7/h3-5,7,12H,1-2,6H2/i6D2. The molecule has 0 heterocycles. The fraction of sp³-hybridized carbons (Fsp3) is 0.400. The average Bonchev–Trinajstić information content (AvgIpc) is 2.83. The molecule has 1 aromatic carbocycles. The van der Waals surface area contributed by atoms with Crippen LogP contribution in [0.4, 0.5) is 0 Å². The smallest absolute Gasteiger partial charge is 0.0684 e. The lowest BCUT2D eigenvalue weighted by Gasteiger charge is -2.05. The highest BCUT2D eigenvalue weighted by molar-refractivity contribution is 9.10. The van der Waals surface area contributed by atoms with Crippen LogP contribution in [0.1, 0.15) is 32.6 Å². The largest absolute Gasteiger partial charge is 0.392 e. The molecule has 0 aromatic heterocycles. The van der Waals surface area contributed by atoms with Crippen molar-refractivity contribution in [2.45, 2.75) is 25.3 Å². The minimum atomic E-state index is -2.22. The molecule has 1 fully saturated rings. The molecule has 0 atom stereocenters. The van der Waals surface area contributed by atoms with Crippen LogP contribution in [-0.4, -0.2) is 5.11 Å². The van der Waals surface area contributed by atoms with Crippen LogP contribution in [0, 0.1) is 0 Å². The Kier molecular flexibility index (Phi) is 1.64.